The van der Waals surface area contributed by atoms with Crippen LogP contribution in [0.2, 0.25) is 0 Å². The number of carbonyl (C=O) groups excluding carboxylic acids is 4. The number of hydrogen-bond donors (Lipinski definition) is 0. The van der Waals surface area contributed by atoms with Crippen LogP contribution in [0.4, 0.5) is 0 Å². The molecule has 0 aromatic heterocycles. The van der Waals surface area contributed by atoms with Crippen molar-refractivity contribution in [2.75, 3.05) is 26.4 Å². The smallest absolute Gasteiger partial charge is 0.320 e. The summed E-state index contributed by atoms with van der Waals surface area (Å²) < 4.78 is 20.5. The lowest BCUT2D eigenvalue weighted by Crippen LogP contribution is -2.31. The second-order valence-electron chi connectivity index (χ2n) is 7.89. The summed E-state index contributed by atoms with van der Waals surface area (Å²) in [5, 5.41) is 1.74. The molecule has 0 heterocycles. The van der Waals surface area contributed by atoms with Crippen molar-refractivity contribution in [1.29, 1.82) is 0 Å². The zero-order valence-corrected chi connectivity index (χ0v) is 21.1. The number of benzene rings is 2. The van der Waals surface area contributed by atoms with Crippen molar-refractivity contribution in [3.63, 3.8) is 0 Å². The maximum absolute atomic E-state index is 12.6. The Labute approximate surface area is 205 Å². The first-order valence-electron chi connectivity index (χ1n) is 11.9. The van der Waals surface area contributed by atoms with Gasteiger partial charge in [-0.15, -0.1) is 0 Å². The fourth-order valence-electron chi connectivity index (χ4n) is 3.98. The molecule has 190 valence electrons. The van der Waals surface area contributed by atoms with Gasteiger partial charge in [0.15, 0.2) is 11.8 Å². The van der Waals surface area contributed by atoms with E-state index in [4.69, 9.17) is 18.9 Å². The number of hydrogen-bond acceptors (Lipinski definition) is 8. The standard InChI is InChI=1S/C27H34O8/c1-6-32-24(28)22(25(29)33-7-2)15-18-14-19(21-13-11-10-12-20(21)17(18)5)16-23(26(30)34-8-3)27(31)35-9-4/h10-14,22-23H,6-9,15-16H2,1-5H3. The molecule has 2 aromatic carbocycles. The molecular formula is C27H34O8. The van der Waals surface area contributed by atoms with Gasteiger partial charge in [-0.1, -0.05) is 30.3 Å². The summed E-state index contributed by atoms with van der Waals surface area (Å²) in [6.45, 7) is 9.13. The highest BCUT2D eigenvalue weighted by atomic mass is 16.6. The lowest BCUT2D eigenvalue weighted by Gasteiger charge is -2.20. The van der Waals surface area contributed by atoms with Crippen LogP contribution < -0.4 is 0 Å². The average molecular weight is 487 g/mol. The van der Waals surface area contributed by atoms with E-state index in [0.29, 0.717) is 5.56 Å². The minimum atomic E-state index is -1.14. The van der Waals surface area contributed by atoms with Gasteiger partial charge < -0.3 is 18.9 Å². The van der Waals surface area contributed by atoms with E-state index in [1.54, 1.807) is 27.7 Å². The van der Waals surface area contributed by atoms with Gasteiger partial charge in [0.05, 0.1) is 26.4 Å². The molecule has 0 radical (unpaired) electrons. The van der Waals surface area contributed by atoms with Crippen LogP contribution >= 0.6 is 0 Å². The van der Waals surface area contributed by atoms with Gasteiger partial charge in [0.1, 0.15) is 0 Å². The van der Waals surface area contributed by atoms with Crippen molar-refractivity contribution in [3.05, 3.63) is 47.0 Å². The topological polar surface area (TPSA) is 105 Å². The van der Waals surface area contributed by atoms with Crippen molar-refractivity contribution in [2.45, 2.75) is 47.5 Å². The second-order valence-corrected chi connectivity index (χ2v) is 7.89. The van der Waals surface area contributed by atoms with Gasteiger partial charge in [-0.3, -0.25) is 19.2 Å². The Morgan fingerprint density at radius 3 is 1.40 bits per heavy atom. The summed E-state index contributed by atoms with van der Waals surface area (Å²) in [4.78, 5) is 50.4. The molecule has 2 rings (SSSR count). The Hall–Kier alpha value is -3.42. The van der Waals surface area contributed by atoms with Crippen LogP contribution in [0.5, 0.6) is 0 Å². The van der Waals surface area contributed by atoms with E-state index in [1.807, 2.05) is 37.3 Å². The van der Waals surface area contributed by atoms with E-state index in [-0.39, 0.29) is 39.3 Å². The highest BCUT2D eigenvalue weighted by molar-refractivity contribution is 5.98. The fourth-order valence-corrected chi connectivity index (χ4v) is 3.98. The maximum Gasteiger partial charge on any atom is 0.320 e. The Balaban J connectivity index is 2.58. The first kappa shape index (κ1) is 27.8. The number of esters is 4. The van der Waals surface area contributed by atoms with Crippen LogP contribution in [0.15, 0.2) is 30.3 Å². The third kappa shape index (κ3) is 7.04. The minimum Gasteiger partial charge on any atom is -0.465 e. The summed E-state index contributed by atoms with van der Waals surface area (Å²) >= 11 is 0. The molecule has 8 heteroatoms. The van der Waals surface area contributed by atoms with Gasteiger partial charge in [0, 0.05) is 0 Å². The zero-order chi connectivity index (χ0) is 26.0. The van der Waals surface area contributed by atoms with Gasteiger partial charge in [0.25, 0.3) is 0 Å². The molecule has 0 saturated heterocycles. The molecule has 0 N–H and O–H groups in total. The normalized spacial score (nSPS) is 10.9. The van der Waals surface area contributed by atoms with Crippen LogP contribution in [0.3, 0.4) is 0 Å². The maximum atomic E-state index is 12.6. The van der Waals surface area contributed by atoms with E-state index in [2.05, 4.69) is 0 Å². The van der Waals surface area contributed by atoms with Gasteiger partial charge in [-0.05, 0) is 74.9 Å². The summed E-state index contributed by atoms with van der Waals surface area (Å²) in [6, 6.07) is 9.41. The van der Waals surface area contributed by atoms with Crippen molar-refractivity contribution < 1.29 is 38.1 Å². The van der Waals surface area contributed by atoms with Crippen molar-refractivity contribution >= 4 is 34.6 Å². The van der Waals surface area contributed by atoms with Gasteiger partial charge >= 0.3 is 23.9 Å². The predicted octanol–water partition coefficient (Wildman–Crippen LogP) is 3.72. The van der Waals surface area contributed by atoms with Crippen LogP contribution in [0, 0.1) is 18.8 Å². The molecule has 0 atom stereocenters. The Kier molecular flexibility index (Phi) is 10.7. The SMILES string of the molecule is CCOC(=O)C(Cc1cc(CC(C(=O)OCC)C(=O)OCC)c2ccccc2c1C)C(=O)OCC. The molecule has 0 bridgehead atoms. The molecule has 0 unspecified atom stereocenters. The predicted molar refractivity (Wildman–Crippen MR) is 130 cm³/mol. The quantitative estimate of drug-likeness (QED) is 0.254. The summed E-state index contributed by atoms with van der Waals surface area (Å²) in [7, 11) is 0. The monoisotopic (exact) mass is 486 g/mol. The molecule has 35 heavy (non-hydrogen) atoms. The van der Waals surface area contributed by atoms with Crippen molar-refractivity contribution in [1.82, 2.24) is 0 Å². The summed E-state index contributed by atoms with van der Waals surface area (Å²) in [5.74, 6) is -4.90. The largest absolute Gasteiger partial charge is 0.465 e. The van der Waals surface area contributed by atoms with Crippen LogP contribution in [0.1, 0.15) is 44.4 Å². The molecule has 0 aliphatic rings. The highest BCUT2D eigenvalue weighted by Gasteiger charge is 2.33. The molecule has 0 aliphatic heterocycles. The zero-order valence-electron chi connectivity index (χ0n) is 21.1. The Bertz CT molecular complexity index is 1020. The Morgan fingerprint density at radius 1 is 0.629 bits per heavy atom. The molecule has 0 saturated carbocycles. The van der Waals surface area contributed by atoms with E-state index in [0.717, 1.165) is 21.9 Å². The van der Waals surface area contributed by atoms with E-state index < -0.39 is 35.7 Å². The second kappa shape index (κ2) is 13.5. The van der Waals surface area contributed by atoms with Crippen LogP contribution in [-0.4, -0.2) is 50.3 Å². The van der Waals surface area contributed by atoms with Crippen molar-refractivity contribution in [2.24, 2.45) is 11.8 Å². The number of aryl methyl sites for hydroxylation is 1. The Morgan fingerprint density at radius 2 is 1.00 bits per heavy atom. The molecule has 0 spiro atoms. The van der Waals surface area contributed by atoms with E-state index in [1.165, 1.54) is 0 Å². The number of fused-ring (bicyclic) bond motifs is 1. The first-order valence-corrected chi connectivity index (χ1v) is 11.9. The molecular weight excluding hydrogens is 452 g/mol. The number of ether oxygens (including phenoxy) is 4. The van der Waals surface area contributed by atoms with Crippen LogP contribution in [-0.2, 0) is 51.0 Å². The van der Waals surface area contributed by atoms with Gasteiger partial charge in [-0.25, -0.2) is 0 Å². The highest BCUT2D eigenvalue weighted by Crippen LogP contribution is 2.30. The van der Waals surface area contributed by atoms with Gasteiger partial charge in [0.2, 0.25) is 0 Å². The molecule has 2 aromatic rings. The first-order chi connectivity index (χ1) is 16.8. The summed E-state index contributed by atoms with van der Waals surface area (Å²) in [6.07, 6.45) is 0.111. The molecule has 8 nitrogen and oxygen atoms in total. The van der Waals surface area contributed by atoms with Crippen LogP contribution in [0.25, 0.3) is 10.8 Å². The third-order valence-corrected chi connectivity index (χ3v) is 5.64. The molecule has 0 amide bonds. The molecule has 0 aliphatic carbocycles. The lowest BCUT2D eigenvalue weighted by molar-refractivity contribution is -0.163. The number of rotatable bonds is 12. The third-order valence-electron chi connectivity index (χ3n) is 5.64. The van der Waals surface area contributed by atoms with E-state index >= 15 is 0 Å². The summed E-state index contributed by atoms with van der Waals surface area (Å²) in [5.41, 5.74) is 2.31. The molecule has 0 fully saturated rings. The number of carbonyl (C=O) groups is 4. The fraction of sp³-hybridized carbons (Fsp3) is 0.481. The van der Waals surface area contributed by atoms with Gasteiger partial charge in [-0.2, -0.15) is 0 Å². The average Bonchev–Trinajstić information content (AvgIpc) is 2.83. The van der Waals surface area contributed by atoms with E-state index in [9.17, 15) is 19.2 Å². The minimum absolute atomic E-state index is 0.0505. The lowest BCUT2D eigenvalue weighted by atomic mass is 9.87. The van der Waals surface area contributed by atoms with Crippen molar-refractivity contribution in [3.8, 4) is 0 Å².